The van der Waals surface area contributed by atoms with Gasteiger partial charge in [0.2, 0.25) is 5.95 Å². The normalized spacial score (nSPS) is 20.2. The summed E-state index contributed by atoms with van der Waals surface area (Å²) in [6, 6.07) is 0. The molecule has 0 radical (unpaired) electrons. The smallest absolute Gasteiger partial charge is 0.225 e. The molecule has 0 bridgehead atoms. The Bertz CT molecular complexity index is 413. The van der Waals surface area contributed by atoms with E-state index < -0.39 is 0 Å². The van der Waals surface area contributed by atoms with E-state index in [1.165, 1.54) is 0 Å². The van der Waals surface area contributed by atoms with Crippen molar-refractivity contribution in [3.05, 3.63) is 18.0 Å². The Labute approximate surface area is 121 Å². The summed E-state index contributed by atoms with van der Waals surface area (Å²) in [5, 5.41) is 3.44. The average Bonchev–Trinajstić information content (AvgIpc) is 2.45. The maximum absolute atomic E-state index is 5.44. The van der Waals surface area contributed by atoms with Crippen molar-refractivity contribution in [1.29, 1.82) is 0 Å². The summed E-state index contributed by atoms with van der Waals surface area (Å²) in [7, 11) is 1.77. The zero-order valence-corrected chi connectivity index (χ0v) is 13.0. The molecule has 2 rings (SSSR count). The summed E-state index contributed by atoms with van der Waals surface area (Å²) in [5.41, 5.74) is 1.22. The van der Waals surface area contributed by atoms with E-state index in [1.54, 1.807) is 7.11 Å². The molecule has 1 atom stereocenters. The van der Waals surface area contributed by atoms with Crippen LogP contribution < -0.4 is 10.2 Å². The second-order valence-electron chi connectivity index (χ2n) is 6.44. The van der Waals surface area contributed by atoms with Crippen LogP contribution in [-0.4, -0.2) is 41.8 Å². The van der Waals surface area contributed by atoms with Crippen molar-refractivity contribution in [1.82, 2.24) is 15.3 Å². The summed E-state index contributed by atoms with van der Waals surface area (Å²) >= 11 is 0. The molecule has 1 aromatic heterocycles. The Morgan fingerprint density at radius 3 is 2.65 bits per heavy atom. The van der Waals surface area contributed by atoms with Gasteiger partial charge in [-0.1, -0.05) is 0 Å². The minimum Gasteiger partial charge on any atom is -0.380 e. The lowest BCUT2D eigenvalue weighted by Crippen LogP contribution is -2.40. The fourth-order valence-electron chi connectivity index (χ4n) is 2.28. The molecule has 5 nitrogen and oxygen atoms in total. The summed E-state index contributed by atoms with van der Waals surface area (Å²) < 4.78 is 5.44. The van der Waals surface area contributed by atoms with Gasteiger partial charge in [0.15, 0.2) is 0 Å². The Balaban J connectivity index is 1.94. The van der Waals surface area contributed by atoms with Crippen LogP contribution in [0.3, 0.4) is 0 Å². The minimum atomic E-state index is 0.108. The second-order valence-corrected chi connectivity index (χ2v) is 6.44. The van der Waals surface area contributed by atoms with Crippen LogP contribution in [0.5, 0.6) is 0 Å². The molecule has 1 N–H and O–H groups in total. The van der Waals surface area contributed by atoms with Gasteiger partial charge in [-0.3, -0.25) is 0 Å². The first kappa shape index (κ1) is 15.2. The molecule has 0 aliphatic carbocycles. The van der Waals surface area contributed by atoms with Crippen molar-refractivity contribution in [2.24, 2.45) is 0 Å². The second kappa shape index (κ2) is 6.50. The molecule has 1 fully saturated rings. The Hall–Kier alpha value is -1.20. The summed E-state index contributed by atoms with van der Waals surface area (Å²) in [4.78, 5) is 11.2. The molecule has 1 unspecified atom stereocenters. The van der Waals surface area contributed by atoms with Gasteiger partial charge < -0.3 is 15.0 Å². The van der Waals surface area contributed by atoms with Crippen LogP contribution in [0.1, 0.15) is 39.2 Å². The highest BCUT2D eigenvalue weighted by Crippen LogP contribution is 2.17. The topological polar surface area (TPSA) is 50.3 Å². The molecule has 0 amide bonds. The summed E-state index contributed by atoms with van der Waals surface area (Å²) in [6.07, 6.45) is 6.39. The minimum absolute atomic E-state index is 0.108. The molecule has 1 aliphatic rings. The molecule has 0 saturated carbocycles. The molecular weight excluding hydrogens is 252 g/mol. The molecule has 1 saturated heterocycles. The Morgan fingerprint density at radius 1 is 1.35 bits per heavy atom. The van der Waals surface area contributed by atoms with Gasteiger partial charge in [0.1, 0.15) is 0 Å². The lowest BCUT2D eigenvalue weighted by Gasteiger charge is -2.31. The molecule has 20 heavy (non-hydrogen) atoms. The molecular formula is C15H26N4O. The van der Waals surface area contributed by atoms with Crippen LogP contribution in [0.25, 0.3) is 0 Å². The van der Waals surface area contributed by atoms with Gasteiger partial charge in [0.05, 0.1) is 6.10 Å². The Morgan fingerprint density at radius 2 is 2.05 bits per heavy atom. The van der Waals surface area contributed by atoms with Gasteiger partial charge in [-0.25, -0.2) is 9.97 Å². The van der Waals surface area contributed by atoms with Crippen molar-refractivity contribution >= 4 is 5.95 Å². The quantitative estimate of drug-likeness (QED) is 0.912. The van der Waals surface area contributed by atoms with Crippen LogP contribution in [0.2, 0.25) is 0 Å². The number of aromatic nitrogens is 2. The molecule has 1 aliphatic heterocycles. The van der Waals surface area contributed by atoms with E-state index >= 15 is 0 Å². The maximum Gasteiger partial charge on any atom is 0.225 e. The zero-order chi connectivity index (χ0) is 14.6. The number of ether oxygens (including phenoxy) is 1. The molecule has 0 spiro atoms. The van der Waals surface area contributed by atoms with Crippen LogP contribution in [-0.2, 0) is 11.3 Å². The van der Waals surface area contributed by atoms with E-state index in [-0.39, 0.29) is 5.54 Å². The number of hydrogen-bond acceptors (Lipinski definition) is 5. The Kier molecular flexibility index (Phi) is 4.94. The van der Waals surface area contributed by atoms with E-state index in [1.807, 2.05) is 12.4 Å². The van der Waals surface area contributed by atoms with E-state index in [9.17, 15) is 0 Å². The third-order valence-corrected chi connectivity index (χ3v) is 3.51. The van der Waals surface area contributed by atoms with Gasteiger partial charge >= 0.3 is 0 Å². The highest BCUT2D eigenvalue weighted by Gasteiger charge is 2.21. The molecule has 1 aromatic rings. The molecule has 0 aromatic carbocycles. The number of piperidine rings is 1. The standard InChI is InChI=1S/C15H26N4O/c1-15(2,3)18-10-12-8-16-14(17-9-12)19-7-5-6-13(11-19)20-4/h8-9,13,18H,5-7,10-11H2,1-4H3. The van der Waals surface area contributed by atoms with Crippen LogP contribution in [0.15, 0.2) is 12.4 Å². The number of methoxy groups -OCH3 is 1. The molecule has 2 heterocycles. The van der Waals surface area contributed by atoms with Crippen LogP contribution in [0.4, 0.5) is 5.95 Å². The first-order valence-electron chi connectivity index (χ1n) is 7.31. The van der Waals surface area contributed by atoms with Crippen molar-refractivity contribution in [3.8, 4) is 0 Å². The largest absolute Gasteiger partial charge is 0.380 e. The predicted molar refractivity (Wildman–Crippen MR) is 80.9 cm³/mol. The molecule has 112 valence electrons. The maximum atomic E-state index is 5.44. The number of rotatable bonds is 4. The number of hydrogen-bond donors (Lipinski definition) is 1. The van der Waals surface area contributed by atoms with Crippen LogP contribution in [0, 0.1) is 0 Å². The lowest BCUT2D eigenvalue weighted by atomic mass is 10.1. The fourth-order valence-corrected chi connectivity index (χ4v) is 2.28. The predicted octanol–water partition coefficient (Wildman–Crippen LogP) is 1.98. The zero-order valence-electron chi connectivity index (χ0n) is 13.0. The third kappa shape index (κ3) is 4.42. The fraction of sp³-hybridized carbons (Fsp3) is 0.733. The van der Waals surface area contributed by atoms with Crippen molar-refractivity contribution in [2.75, 3.05) is 25.1 Å². The number of nitrogens with zero attached hydrogens (tertiary/aromatic N) is 3. The van der Waals surface area contributed by atoms with E-state index in [0.29, 0.717) is 6.10 Å². The lowest BCUT2D eigenvalue weighted by molar-refractivity contribution is 0.0889. The highest BCUT2D eigenvalue weighted by atomic mass is 16.5. The van der Waals surface area contributed by atoms with Crippen LogP contribution >= 0.6 is 0 Å². The molecule has 5 heteroatoms. The van der Waals surface area contributed by atoms with E-state index in [0.717, 1.165) is 44.0 Å². The first-order chi connectivity index (χ1) is 9.48. The first-order valence-corrected chi connectivity index (χ1v) is 7.31. The monoisotopic (exact) mass is 278 g/mol. The average molecular weight is 278 g/mol. The highest BCUT2D eigenvalue weighted by molar-refractivity contribution is 5.30. The van der Waals surface area contributed by atoms with Gasteiger partial charge in [0.25, 0.3) is 0 Å². The van der Waals surface area contributed by atoms with Crippen molar-refractivity contribution < 1.29 is 4.74 Å². The third-order valence-electron chi connectivity index (χ3n) is 3.51. The van der Waals surface area contributed by atoms with Gasteiger partial charge in [-0.05, 0) is 33.6 Å². The van der Waals surface area contributed by atoms with Gasteiger partial charge in [-0.15, -0.1) is 0 Å². The number of nitrogens with one attached hydrogen (secondary N) is 1. The number of anilines is 1. The summed E-state index contributed by atoms with van der Waals surface area (Å²) in [6.45, 7) is 9.16. The van der Waals surface area contributed by atoms with E-state index in [2.05, 4.69) is 41.0 Å². The summed E-state index contributed by atoms with van der Waals surface area (Å²) in [5.74, 6) is 0.811. The van der Waals surface area contributed by atoms with Crippen molar-refractivity contribution in [3.63, 3.8) is 0 Å². The van der Waals surface area contributed by atoms with Gasteiger partial charge in [-0.2, -0.15) is 0 Å². The van der Waals surface area contributed by atoms with Gasteiger partial charge in [0, 0.05) is 50.2 Å². The van der Waals surface area contributed by atoms with E-state index in [4.69, 9.17) is 4.74 Å². The SMILES string of the molecule is COC1CCCN(c2ncc(CNC(C)(C)C)cn2)C1. The van der Waals surface area contributed by atoms with Crippen molar-refractivity contribution in [2.45, 2.75) is 51.8 Å².